The monoisotopic (exact) mass is 456 g/mol. The van der Waals surface area contributed by atoms with E-state index < -0.39 is 0 Å². The normalized spacial score (nSPS) is 22.2. The molecular formula is C22H20Cl2N5S. The summed E-state index contributed by atoms with van der Waals surface area (Å²) in [6.45, 7) is 1.92. The predicted octanol–water partition coefficient (Wildman–Crippen LogP) is 4.64. The Morgan fingerprint density at radius 3 is 2.60 bits per heavy atom. The number of halogens is 2. The van der Waals surface area contributed by atoms with Crippen LogP contribution in [-0.4, -0.2) is 28.0 Å². The molecule has 0 saturated carbocycles. The minimum atomic E-state index is -0.0588. The number of hydrogen-bond donors (Lipinski definition) is 2. The zero-order valence-corrected chi connectivity index (χ0v) is 18.4. The lowest BCUT2D eigenvalue weighted by molar-refractivity contribution is 0.148. The van der Waals surface area contributed by atoms with Gasteiger partial charge in [0, 0.05) is 28.5 Å². The maximum Gasteiger partial charge on any atom is 0.148 e. The Morgan fingerprint density at radius 2 is 1.87 bits per heavy atom. The topological polar surface area (TPSA) is 76.7 Å². The highest BCUT2D eigenvalue weighted by Gasteiger charge is 2.53. The summed E-state index contributed by atoms with van der Waals surface area (Å²) >= 11 is 13.7. The SMILES string of the molecule is N[C@H]1c2ccccc2[C@H](c2[c]nc(Sc3ccnc(Cl)c3Cl)cn2)C12CCNCC2. The largest absolute Gasteiger partial charge is 0.323 e. The molecule has 5 nitrogen and oxygen atoms in total. The van der Waals surface area contributed by atoms with Gasteiger partial charge in [-0.25, -0.2) is 9.97 Å². The number of pyridine rings is 1. The maximum atomic E-state index is 6.82. The smallest absolute Gasteiger partial charge is 0.148 e. The van der Waals surface area contributed by atoms with E-state index in [1.807, 2.05) is 6.07 Å². The quantitative estimate of drug-likeness (QED) is 0.558. The molecular weight excluding hydrogens is 437 g/mol. The minimum absolute atomic E-state index is 0.0113. The van der Waals surface area contributed by atoms with E-state index in [1.165, 1.54) is 22.9 Å². The van der Waals surface area contributed by atoms with Crippen molar-refractivity contribution in [2.24, 2.45) is 11.1 Å². The number of fused-ring (bicyclic) bond motifs is 1. The molecule has 8 heteroatoms. The Kier molecular flexibility index (Phi) is 5.45. The Morgan fingerprint density at radius 1 is 1.10 bits per heavy atom. The molecule has 0 bridgehead atoms. The highest BCUT2D eigenvalue weighted by Crippen LogP contribution is 2.59. The molecule has 30 heavy (non-hydrogen) atoms. The third kappa shape index (κ3) is 3.31. The molecule has 2 aliphatic rings. The summed E-state index contributed by atoms with van der Waals surface area (Å²) in [6, 6.07) is 10.3. The molecule has 3 aromatic rings. The molecule has 153 valence electrons. The Bertz CT molecular complexity index is 1070. The lowest BCUT2D eigenvalue weighted by Crippen LogP contribution is -2.44. The molecule has 1 spiro atoms. The molecule has 0 amide bonds. The third-order valence-electron chi connectivity index (χ3n) is 6.26. The van der Waals surface area contributed by atoms with Crippen LogP contribution in [0.2, 0.25) is 10.2 Å². The van der Waals surface area contributed by atoms with Crippen molar-refractivity contribution in [2.45, 2.75) is 34.7 Å². The maximum absolute atomic E-state index is 6.82. The van der Waals surface area contributed by atoms with Crippen molar-refractivity contribution in [1.82, 2.24) is 20.3 Å². The van der Waals surface area contributed by atoms with Crippen LogP contribution in [0.25, 0.3) is 0 Å². The van der Waals surface area contributed by atoms with Gasteiger partial charge in [-0.05, 0) is 43.1 Å². The van der Waals surface area contributed by atoms with Crippen molar-refractivity contribution in [3.05, 3.63) is 75.9 Å². The Labute approximate surface area is 189 Å². The molecule has 1 fully saturated rings. The van der Waals surface area contributed by atoms with Crippen molar-refractivity contribution >= 4 is 35.0 Å². The van der Waals surface area contributed by atoms with Gasteiger partial charge in [0.1, 0.15) is 16.4 Å². The van der Waals surface area contributed by atoms with Gasteiger partial charge in [0.15, 0.2) is 0 Å². The highest BCUT2D eigenvalue weighted by molar-refractivity contribution is 7.99. The second-order valence-electron chi connectivity index (χ2n) is 7.74. The predicted molar refractivity (Wildman–Crippen MR) is 119 cm³/mol. The van der Waals surface area contributed by atoms with E-state index in [2.05, 4.69) is 45.7 Å². The first kappa shape index (κ1) is 20.2. The van der Waals surface area contributed by atoms with Crippen molar-refractivity contribution in [1.29, 1.82) is 0 Å². The first-order valence-corrected chi connectivity index (χ1v) is 11.4. The summed E-state index contributed by atoms with van der Waals surface area (Å²) in [6.07, 6.45) is 8.63. The molecule has 3 heterocycles. The van der Waals surface area contributed by atoms with E-state index in [0.29, 0.717) is 10.0 Å². The fraction of sp³-hybridized carbons (Fsp3) is 0.318. The molecule has 2 atom stereocenters. The molecule has 1 aliphatic heterocycles. The molecule has 1 radical (unpaired) electrons. The van der Waals surface area contributed by atoms with Crippen LogP contribution in [0.1, 0.15) is 41.6 Å². The van der Waals surface area contributed by atoms with Crippen LogP contribution in [0, 0.1) is 11.6 Å². The van der Waals surface area contributed by atoms with Gasteiger partial charge < -0.3 is 11.1 Å². The first-order valence-electron chi connectivity index (χ1n) is 9.88. The van der Waals surface area contributed by atoms with E-state index >= 15 is 0 Å². The fourth-order valence-corrected chi connectivity index (χ4v) is 6.02. The Balaban J connectivity index is 1.50. The summed E-state index contributed by atoms with van der Waals surface area (Å²) < 4.78 is 0. The van der Waals surface area contributed by atoms with Gasteiger partial charge in [0.05, 0.1) is 16.9 Å². The van der Waals surface area contributed by atoms with E-state index in [9.17, 15) is 0 Å². The number of hydrogen-bond acceptors (Lipinski definition) is 6. The Hall–Kier alpha value is -1.70. The van der Waals surface area contributed by atoms with Gasteiger partial charge in [-0.3, -0.25) is 4.98 Å². The van der Waals surface area contributed by atoms with Crippen molar-refractivity contribution in [3.63, 3.8) is 0 Å². The molecule has 1 aromatic carbocycles. The van der Waals surface area contributed by atoms with Crippen LogP contribution in [-0.2, 0) is 0 Å². The van der Waals surface area contributed by atoms with Crippen molar-refractivity contribution < 1.29 is 0 Å². The number of nitrogens with zero attached hydrogens (tertiary/aromatic N) is 3. The fourth-order valence-electron chi connectivity index (χ4n) is 4.84. The summed E-state index contributed by atoms with van der Waals surface area (Å²) in [5.41, 5.74) is 10.1. The molecule has 2 aromatic heterocycles. The number of piperidine rings is 1. The minimum Gasteiger partial charge on any atom is -0.323 e. The van der Waals surface area contributed by atoms with Gasteiger partial charge in [-0.1, -0.05) is 59.2 Å². The average molecular weight is 457 g/mol. The number of nitrogens with one attached hydrogen (secondary N) is 1. The zero-order chi connectivity index (χ0) is 20.7. The first-order chi connectivity index (χ1) is 14.6. The van der Waals surface area contributed by atoms with Crippen LogP contribution < -0.4 is 11.1 Å². The van der Waals surface area contributed by atoms with Gasteiger partial charge in [-0.2, -0.15) is 0 Å². The van der Waals surface area contributed by atoms with Gasteiger partial charge in [0.25, 0.3) is 0 Å². The molecule has 3 N–H and O–H groups in total. The average Bonchev–Trinajstić information content (AvgIpc) is 3.01. The second kappa shape index (κ2) is 8.09. The lowest BCUT2D eigenvalue weighted by Gasteiger charge is -2.42. The third-order valence-corrected chi connectivity index (χ3v) is 8.11. The van der Waals surface area contributed by atoms with Crippen LogP contribution in [0.15, 0.2) is 52.6 Å². The molecule has 0 unspecified atom stereocenters. The standard InChI is InChI=1S/C22H20Cl2N5S/c23-19-16(5-8-27-21(19)24)30-17-12-28-15(11-29-17)18-13-3-1-2-4-14(13)20(25)22(18)6-9-26-10-7-22/h1-5,8,12,18,20,26H,6-7,9-10,25H2/t18-,20+/m1/s1. The zero-order valence-electron chi connectivity index (χ0n) is 16.1. The van der Waals surface area contributed by atoms with E-state index in [1.54, 1.807) is 12.4 Å². The van der Waals surface area contributed by atoms with Crippen LogP contribution in [0.3, 0.4) is 0 Å². The van der Waals surface area contributed by atoms with E-state index in [4.69, 9.17) is 33.9 Å². The highest BCUT2D eigenvalue weighted by atomic mass is 35.5. The van der Waals surface area contributed by atoms with E-state index in [0.717, 1.165) is 36.5 Å². The van der Waals surface area contributed by atoms with Crippen LogP contribution in [0.4, 0.5) is 0 Å². The molecule has 1 aliphatic carbocycles. The molecule has 1 saturated heterocycles. The summed E-state index contributed by atoms with van der Waals surface area (Å²) in [5, 5.41) is 4.87. The van der Waals surface area contributed by atoms with Gasteiger partial charge in [-0.15, -0.1) is 0 Å². The van der Waals surface area contributed by atoms with Gasteiger partial charge in [0.2, 0.25) is 0 Å². The van der Waals surface area contributed by atoms with E-state index in [-0.39, 0.29) is 22.5 Å². The summed E-state index contributed by atoms with van der Waals surface area (Å²) in [5.74, 6) is 0.0938. The summed E-state index contributed by atoms with van der Waals surface area (Å²) in [7, 11) is 0. The van der Waals surface area contributed by atoms with Crippen molar-refractivity contribution in [2.75, 3.05) is 13.1 Å². The van der Waals surface area contributed by atoms with Crippen LogP contribution >= 0.6 is 35.0 Å². The second-order valence-corrected chi connectivity index (χ2v) is 9.54. The number of rotatable bonds is 3. The lowest BCUT2D eigenvalue weighted by atomic mass is 9.66. The van der Waals surface area contributed by atoms with Crippen LogP contribution in [0.5, 0.6) is 0 Å². The summed E-state index contributed by atoms with van der Waals surface area (Å²) in [4.78, 5) is 14.1. The van der Waals surface area contributed by atoms with Gasteiger partial charge >= 0.3 is 0 Å². The number of aromatic nitrogens is 3. The number of nitrogens with two attached hydrogens (primary N) is 1. The number of benzene rings is 1. The molecule has 5 rings (SSSR count). The van der Waals surface area contributed by atoms with Crippen molar-refractivity contribution in [3.8, 4) is 0 Å².